The Morgan fingerprint density at radius 1 is 0.950 bits per heavy atom. The summed E-state index contributed by atoms with van der Waals surface area (Å²) in [5.74, 6) is 0.240. The summed E-state index contributed by atoms with van der Waals surface area (Å²) < 4.78 is 0. The van der Waals surface area contributed by atoms with Crippen LogP contribution in [0.2, 0.25) is 0 Å². The molecule has 1 aliphatic rings. The standard InChI is InChI=1S/C18H19NO/c20-18(16-7-2-1-3-8-16)11-13-19-12-10-15-6-4-5-9-17(15)14-19/h1-9H,10-14H2. The molecule has 1 aliphatic heterocycles. The van der Waals surface area contributed by atoms with Crippen LogP contribution in [0.5, 0.6) is 0 Å². The second-order valence-electron chi connectivity index (χ2n) is 5.33. The van der Waals surface area contributed by atoms with Gasteiger partial charge in [-0.15, -0.1) is 0 Å². The quantitative estimate of drug-likeness (QED) is 0.790. The highest BCUT2D eigenvalue weighted by Gasteiger charge is 2.16. The van der Waals surface area contributed by atoms with Gasteiger partial charge in [-0.3, -0.25) is 9.69 Å². The number of hydrogen-bond donors (Lipinski definition) is 0. The molecule has 0 saturated heterocycles. The Bertz CT molecular complexity index is 591. The fourth-order valence-electron chi connectivity index (χ4n) is 2.77. The molecular formula is C18H19NO. The molecule has 20 heavy (non-hydrogen) atoms. The van der Waals surface area contributed by atoms with Gasteiger partial charge in [0.2, 0.25) is 0 Å². The Hall–Kier alpha value is -1.93. The third kappa shape index (κ3) is 2.97. The lowest BCUT2D eigenvalue weighted by atomic mass is 9.99. The van der Waals surface area contributed by atoms with Crippen LogP contribution in [-0.2, 0) is 13.0 Å². The van der Waals surface area contributed by atoms with Gasteiger partial charge in [-0.1, -0.05) is 54.6 Å². The van der Waals surface area contributed by atoms with E-state index in [1.807, 2.05) is 30.3 Å². The first kappa shape index (κ1) is 13.1. The monoisotopic (exact) mass is 265 g/mol. The number of fused-ring (bicyclic) bond motifs is 1. The molecule has 0 bridgehead atoms. The van der Waals surface area contributed by atoms with Crippen LogP contribution in [0.3, 0.4) is 0 Å². The van der Waals surface area contributed by atoms with E-state index in [0.717, 1.165) is 31.6 Å². The van der Waals surface area contributed by atoms with E-state index in [-0.39, 0.29) is 5.78 Å². The van der Waals surface area contributed by atoms with Crippen molar-refractivity contribution >= 4 is 5.78 Å². The first-order chi connectivity index (χ1) is 9.83. The fourth-order valence-corrected chi connectivity index (χ4v) is 2.77. The largest absolute Gasteiger partial charge is 0.298 e. The molecule has 2 aromatic carbocycles. The van der Waals surface area contributed by atoms with Gasteiger partial charge in [0.25, 0.3) is 0 Å². The first-order valence-electron chi connectivity index (χ1n) is 7.20. The molecule has 2 aromatic rings. The molecule has 0 aliphatic carbocycles. The molecule has 0 atom stereocenters. The van der Waals surface area contributed by atoms with Crippen LogP contribution >= 0.6 is 0 Å². The fraction of sp³-hybridized carbons (Fsp3) is 0.278. The van der Waals surface area contributed by atoms with E-state index in [1.165, 1.54) is 11.1 Å². The van der Waals surface area contributed by atoms with Crippen molar-refractivity contribution in [1.82, 2.24) is 4.90 Å². The lowest BCUT2D eigenvalue weighted by Crippen LogP contribution is -2.32. The Balaban J connectivity index is 1.57. The second kappa shape index (κ2) is 6.02. The van der Waals surface area contributed by atoms with E-state index in [0.29, 0.717) is 6.42 Å². The van der Waals surface area contributed by atoms with Crippen LogP contribution in [0.1, 0.15) is 27.9 Å². The number of ketones is 1. The Labute approximate surface area is 120 Å². The predicted octanol–water partition coefficient (Wildman–Crippen LogP) is 3.32. The molecule has 0 spiro atoms. The molecule has 0 unspecified atom stereocenters. The number of nitrogens with zero attached hydrogens (tertiary/aromatic N) is 1. The molecule has 1 heterocycles. The van der Waals surface area contributed by atoms with Gasteiger partial charge in [-0.2, -0.15) is 0 Å². The smallest absolute Gasteiger partial charge is 0.164 e. The summed E-state index contributed by atoms with van der Waals surface area (Å²) in [6, 6.07) is 18.2. The van der Waals surface area contributed by atoms with Crippen molar-refractivity contribution in [3.05, 3.63) is 71.3 Å². The van der Waals surface area contributed by atoms with E-state index < -0.39 is 0 Å². The van der Waals surface area contributed by atoms with E-state index in [9.17, 15) is 4.79 Å². The average molecular weight is 265 g/mol. The van der Waals surface area contributed by atoms with Gasteiger partial charge in [0.05, 0.1) is 0 Å². The van der Waals surface area contributed by atoms with Crippen molar-refractivity contribution in [2.45, 2.75) is 19.4 Å². The van der Waals surface area contributed by atoms with Crippen LogP contribution in [0.25, 0.3) is 0 Å². The maximum atomic E-state index is 12.1. The van der Waals surface area contributed by atoms with Gasteiger partial charge in [0.1, 0.15) is 0 Å². The first-order valence-corrected chi connectivity index (χ1v) is 7.20. The molecule has 2 nitrogen and oxygen atoms in total. The zero-order valence-electron chi connectivity index (χ0n) is 11.6. The predicted molar refractivity (Wildman–Crippen MR) is 80.8 cm³/mol. The highest BCUT2D eigenvalue weighted by molar-refractivity contribution is 5.96. The van der Waals surface area contributed by atoms with Crippen molar-refractivity contribution in [1.29, 1.82) is 0 Å². The van der Waals surface area contributed by atoms with E-state index in [2.05, 4.69) is 29.2 Å². The normalized spacial score (nSPS) is 14.8. The maximum absolute atomic E-state index is 12.1. The molecule has 0 fully saturated rings. The third-order valence-electron chi connectivity index (χ3n) is 3.96. The molecule has 0 amide bonds. The Morgan fingerprint density at radius 2 is 1.65 bits per heavy atom. The molecule has 0 N–H and O–H groups in total. The number of benzene rings is 2. The lowest BCUT2D eigenvalue weighted by Gasteiger charge is -2.28. The molecule has 0 saturated carbocycles. The number of carbonyl (C=O) groups excluding carboxylic acids is 1. The summed E-state index contributed by atoms with van der Waals surface area (Å²) in [6.07, 6.45) is 1.70. The number of Topliss-reactive ketones (excluding diaryl/α,β-unsaturated/α-hetero) is 1. The molecule has 0 aromatic heterocycles. The molecule has 102 valence electrons. The van der Waals surface area contributed by atoms with Crippen molar-refractivity contribution in [3.8, 4) is 0 Å². The summed E-state index contributed by atoms with van der Waals surface area (Å²) in [5.41, 5.74) is 3.69. The van der Waals surface area contributed by atoms with Gasteiger partial charge in [-0.25, -0.2) is 0 Å². The van der Waals surface area contributed by atoms with E-state index in [4.69, 9.17) is 0 Å². The molecular weight excluding hydrogens is 246 g/mol. The lowest BCUT2D eigenvalue weighted by molar-refractivity contribution is 0.0960. The van der Waals surface area contributed by atoms with Crippen molar-refractivity contribution < 1.29 is 4.79 Å². The minimum Gasteiger partial charge on any atom is -0.298 e. The minimum atomic E-state index is 0.240. The number of carbonyl (C=O) groups is 1. The summed E-state index contributed by atoms with van der Waals surface area (Å²) in [5, 5.41) is 0. The van der Waals surface area contributed by atoms with Crippen LogP contribution in [0.4, 0.5) is 0 Å². The number of rotatable bonds is 4. The van der Waals surface area contributed by atoms with Crippen molar-refractivity contribution in [2.24, 2.45) is 0 Å². The summed E-state index contributed by atoms with van der Waals surface area (Å²) in [4.78, 5) is 14.5. The molecule has 3 rings (SSSR count). The summed E-state index contributed by atoms with van der Waals surface area (Å²) in [6.45, 7) is 2.87. The SMILES string of the molecule is O=C(CCN1CCc2ccccc2C1)c1ccccc1. The van der Waals surface area contributed by atoms with Crippen molar-refractivity contribution in [3.63, 3.8) is 0 Å². The average Bonchev–Trinajstić information content (AvgIpc) is 2.53. The van der Waals surface area contributed by atoms with Crippen LogP contribution in [0, 0.1) is 0 Å². The van der Waals surface area contributed by atoms with Gasteiger partial charge >= 0.3 is 0 Å². The molecule has 0 radical (unpaired) electrons. The van der Waals surface area contributed by atoms with Crippen LogP contribution in [-0.4, -0.2) is 23.8 Å². The van der Waals surface area contributed by atoms with Gasteiger partial charge in [-0.05, 0) is 17.5 Å². The van der Waals surface area contributed by atoms with Gasteiger partial charge < -0.3 is 0 Å². The summed E-state index contributed by atoms with van der Waals surface area (Å²) in [7, 11) is 0. The molecule has 2 heteroatoms. The van der Waals surface area contributed by atoms with E-state index >= 15 is 0 Å². The summed E-state index contributed by atoms with van der Waals surface area (Å²) >= 11 is 0. The van der Waals surface area contributed by atoms with Crippen LogP contribution < -0.4 is 0 Å². The zero-order chi connectivity index (χ0) is 13.8. The topological polar surface area (TPSA) is 20.3 Å². The minimum absolute atomic E-state index is 0.240. The van der Waals surface area contributed by atoms with E-state index in [1.54, 1.807) is 0 Å². The Morgan fingerprint density at radius 3 is 2.45 bits per heavy atom. The highest BCUT2D eigenvalue weighted by Crippen LogP contribution is 2.18. The second-order valence-corrected chi connectivity index (χ2v) is 5.33. The highest BCUT2D eigenvalue weighted by atomic mass is 16.1. The number of hydrogen-bond acceptors (Lipinski definition) is 2. The zero-order valence-corrected chi connectivity index (χ0v) is 11.6. The third-order valence-corrected chi connectivity index (χ3v) is 3.96. The Kier molecular flexibility index (Phi) is 3.93. The maximum Gasteiger partial charge on any atom is 0.164 e. The van der Waals surface area contributed by atoms with Crippen molar-refractivity contribution in [2.75, 3.05) is 13.1 Å². The van der Waals surface area contributed by atoms with Crippen LogP contribution in [0.15, 0.2) is 54.6 Å². The van der Waals surface area contributed by atoms with Gasteiger partial charge in [0, 0.05) is 31.6 Å². The van der Waals surface area contributed by atoms with Gasteiger partial charge in [0.15, 0.2) is 5.78 Å².